The first-order valence-electron chi connectivity index (χ1n) is 10.2. The molecule has 1 saturated heterocycles. The molecule has 0 radical (unpaired) electrons. The first-order valence-corrected chi connectivity index (χ1v) is 10.2. The van der Waals surface area contributed by atoms with Gasteiger partial charge in [-0.25, -0.2) is 4.39 Å². The Morgan fingerprint density at radius 1 is 1.31 bits per heavy atom. The molecule has 2 fully saturated rings. The second-order valence-electron chi connectivity index (χ2n) is 7.68. The average molecular weight is 403 g/mol. The molecule has 2 heterocycles. The van der Waals surface area contributed by atoms with Crippen molar-refractivity contribution in [2.45, 2.75) is 44.6 Å². The first kappa shape index (κ1) is 19.8. The fraction of sp³-hybridized carbons (Fsp3) is 0.571. The van der Waals surface area contributed by atoms with Gasteiger partial charge in [0.15, 0.2) is 17.4 Å². The van der Waals surface area contributed by atoms with Crippen LogP contribution in [0.3, 0.4) is 0 Å². The van der Waals surface area contributed by atoms with Gasteiger partial charge in [-0.05, 0) is 56.2 Å². The van der Waals surface area contributed by atoms with E-state index in [1.54, 1.807) is 11.0 Å². The number of likely N-dealkylation sites (tertiary alicyclic amines) is 1. The number of hydrogen-bond acceptors (Lipinski definition) is 6. The van der Waals surface area contributed by atoms with Gasteiger partial charge >= 0.3 is 0 Å². The zero-order valence-corrected chi connectivity index (χ0v) is 16.6. The molecule has 0 N–H and O–H groups in total. The Bertz CT molecular complexity index is 852. The van der Waals surface area contributed by atoms with E-state index in [1.807, 2.05) is 0 Å². The SMILES string of the molecule is COc1ccc(C(=O)N2CCCCC2c2nc(CCOCC3CC3)no2)cc1F. The summed E-state index contributed by atoms with van der Waals surface area (Å²) < 4.78 is 30.1. The lowest BCUT2D eigenvalue weighted by atomic mass is 10.0. The van der Waals surface area contributed by atoms with E-state index >= 15 is 0 Å². The van der Waals surface area contributed by atoms with Gasteiger partial charge in [-0.2, -0.15) is 4.98 Å². The number of aromatic nitrogens is 2. The van der Waals surface area contributed by atoms with Crippen LogP contribution in [0.1, 0.15) is 60.2 Å². The molecule has 7 nitrogen and oxygen atoms in total. The van der Waals surface area contributed by atoms with Crippen LogP contribution in [0.5, 0.6) is 5.75 Å². The summed E-state index contributed by atoms with van der Waals surface area (Å²) in [5.41, 5.74) is 0.281. The lowest BCUT2D eigenvalue weighted by Crippen LogP contribution is -2.38. The van der Waals surface area contributed by atoms with Crippen molar-refractivity contribution in [3.63, 3.8) is 0 Å². The van der Waals surface area contributed by atoms with Crippen LogP contribution in [0.25, 0.3) is 0 Å². The number of carbonyl (C=O) groups excluding carboxylic acids is 1. The highest BCUT2D eigenvalue weighted by Crippen LogP contribution is 2.32. The Morgan fingerprint density at radius 3 is 2.93 bits per heavy atom. The fourth-order valence-electron chi connectivity index (χ4n) is 3.60. The topological polar surface area (TPSA) is 77.7 Å². The van der Waals surface area contributed by atoms with E-state index in [9.17, 15) is 9.18 Å². The molecular weight excluding hydrogens is 377 g/mol. The molecule has 156 valence electrons. The largest absolute Gasteiger partial charge is 0.494 e. The lowest BCUT2D eigenvalue weighted by molar-refractivity contribution is 0.0561. The quantitative estimate of drug-likeness (QED) is 0.627. The van der Waals surface area contributed by atoms with Gasteiger partial charge in [-0.1, -0.05) is 5.16 Å². The van der Waals surface area contributed by atoms with Crippen LogP contribution in [-0.2, 0) is 11.2 Å². The summed E-state index contributed by atoms with van der Waals surface area (Å²) in [5, 5.41) is 4.05. The lowest BCUT2D eigenvalue weighted by Gasteiger charge is -2.33. The predicted molar refractivity (Wildman–Crippen MR) is 102 cm³/mol. The number of rotatable bonds is 8. The minimum atomic E-state index is -0.557. The number of carbonyl (C=O) groups is 1. The third kappa shape index (κ3) is 4.75. The maximum Gasteiger partial charge on any atom is 0.254 e. The van der Waals surface area contributed by atoms with E-state index in [0.29, 0.717) is 31.3 Å². The van der Waals surface area contributed by atoms with E-state index < -0.39 is 5.82 Å². The summed E-state index contributed by atoms with van der Waals surface area (Å²) in [5.74, 6) is 1.05. The average Bonchev–Trinajstić information content (AvgIpc) is 3.46. The Balaban J connectivity index is 1.43. The summed E-state index contributed by atoms with van der Waals surface area (Å²) in [6.45, 7) is 1.93. The number of amides is 1. The van der Waals surface area contributed by atoms with Crippen molar-refractivity contribution in [2.75, 3.05) is 26.9 Å². The molecule has 0 spiro atoms. The van der Waals surface area contributed by atoms with Crippen LogP contribution in [0, 0.1) is 11.7 Å². The van der Waals surface area contributed by atoms with Crippen molar-refractivity contribution in [3.8, 4) is 5.75 Å². The normalized spacial score (nSPS) is 19.4. The Hall–Kier alpha value is -2.48. The van der Waals surface area contributed by atoms with Crippen molar-refractivity contribution in [1.82, 2.24) is 15.0 Å². The van der Waals surface area contributed by atoms with Crippen LogP contribution >= 0.6 is 0 Å². The van der Waals surface area contributed by atoms with Gasteiger partial charge in [0.05, 0.1) is 13.7 Å². The number of methoxy groups -OCH3 is 1. The van der Waals surface area contributed by atoms with Crippen LogP contribution in [-0.4, -0.2) is 47.8 Å². The number of hydrogen-bond donors (Lipinski definition) is 0. The Kier molecular flexibility index (Phi) is 6.08. The first-order chi connectivity index (χ1) is 14.2. The van der Waals surface area contributed by atoms with Crippen LogP contribution in [0.4, 0.5) is 4.39 Å². The van der Waals surface area contributed by atoms with Gasteiger partial charge in [0.25, 0.3) is 5.91 Å². The molecule has 1 aliphatic heterocycles. The Labute approximate surface area is 169 Å². The second kappa shape index (κ2) is 8.90. The Morgan fingerprint density at radius 2 is 2.17 bits per heavy atom. The van der Waals surface area contributed by atoms with Gasteiger partial charge < -0.3 is 18.9 Å². The maximum absolute atomic E-state index is 14.1. The molecule has 2 aliphatic rings. The maximum atomic E-state index is 14.1. The van der Waals surface area contributed by atoms with E-state index in [-0.39, 0.29) is 23.3 Å². The molecule has 2 aromatic rings. The van der Waals surface area contributed by atoms with Crippen molar-refractivity contribution in [3.05, 3.63) is 41.3 Å². The minimum absolute atomic E-state index is 0.113. The molecule has 1 aliphatic carbocycles. The summed E-state index contributed by atoms with van der Waals surface area (Å²) in [6.07, 6.45) is 5.70. The van der Waals surface area contributed by atoms with Gasteiger partial charge in [0.1, 0.15) is 6.04 Å². The number of halogens is 1. The van der Waals surface area contributed by atoms with Crippen molar-refractivity contribution < 1.29 is 23.2 Å². The molecule has 1 unspecified atom stereocenters. The summed E-state index contributed by atoms with van der Waals surface area (Å²) in [7, 11) is 1.39. The van der Waals surface area contributed by atoms with Gasteiger partial charge in [-0.15, -0.1) is 0 Å². The van der Waals surface area contributed by atoms with Crippen LogP contribution in [0.2, 0.25) is 0 Å². The molecule has 1 saturated carbocycles. The number of benzene rings is 1. The molecule has 1 atom stereocenters. The smallest absolute Gasteiger partial charge is 0.254 e. The number of ether oxygens (including phenoxy) is 2. The van der Waals surface area contributed by atoms with E-state index in [4.69, 9.17) is 14.0 Å². The van der Waals surface area contributed by atoms with Crippen LogP contribution < -0.4 is 4.74 Å². The number of piperidine rings is 1. The van der Waals surface area contributed by atoms with Crippen molar-refractivity contribution in [2.24, 2.45) is 5.92 Å². The zero-order valence-electron chi connectivity index (χ0n) is 16.6. The predicted octanol–water partition coefficient (Wildman–Crippen LogP) is 3.55. The fourth-order valence-corrected chi connectivity index (χ4v) is 3.60. The molecule has 1 amide bonds. The zero-order chi connectivity index (χ0) is 20.2. The van der Waals surface area contributed by atoms with Gasteiger partial charge in [-0.3, -0.25) is 4.79 Å². The van der Waals surface area contributed by atoms with Crippen LogP contribution in [0.15, 0.2) is 22.7 Å². The highest BCUT2D eigenvalue weighted by Gasteiger charge is 2.33. The third-order valence-electron chi connectivity index (χ3n) is 5.45. The number of nitrogens with zero attached hydrogens (tertiary/aromatic N) is 3. The summed E-state index contributed by atoms with van der Waals surface area (Å²) in [6, 6.07) is 3.96. The molecule has 0 bridgehead atoms. The highest BCUT2D eigenvalue weighted by molar-refractivity contribution is 5.94. The molecule has 4 rings (SSSR count). The minimum Gasteiger partial charge on any atom is -0.494 e. The van der Waals surface area contributed by atoms with Crippen molar-refractivity contribution >= 4 is 5.91 Å². The highest BCUT2D eigenvalue weighted by atomic mass is 19.1. The second-order valence-corrected chi connectivity index (χ2v) is 7.68. The van der Waals surface area contributed by atoms with Gasteiger partial charge in [0.2, 0.25) is 5.89 Å². The molecule has 1 aromatic heterocycles. The van der Waals surface area contributed by atoms with Crippen molar-refractivity contribution in [1.29, 1.82) is 0 Å². The summed E-state index contributed by atoms with van der Waals surface area (Å²) in [4.78, 5) is 19.2. The monoisotopic (exact) mass is 403 g/mol. The third-order valence-corrected chi connectivity index (χ3v) is 5.45. The molecule has 1 aromatic carbocycles. The van der Waals surface area contributed by atoms with E-state index in [0.717, 1.165) is 31.8 Å². The van der Waals surface area contributed by atoms with E-state index in [2.05, 4.69) is 10.1 Å². The van der Waals surface area contributed by atoms with Gasteiger partial charge in [0, 0.05) is 25.1 Å². The molecule has 8 heteroatoms. The summed E-state index contributed by atoms with van der Waals surface area (Å²) >= 11 is 0. The van der Waals surface area contributed by atoms with E-state index in [1.165, 1.54) is 32.1 Å². The molecular formula is C21H26FN3O4. The standard InChI is InChI=1S/C21H26FN3O4/c1-27-18-8-7-15(12-16(18)22)21(26)25-10-3-2-4-17(25)20-23-19(24-29-20)9-11-28-13-14-5-6-14/h7-8,12,14,17H,2-6,9-11,13H2,1H3. The molecule has 29 heavy (non-hydrogen) atoms.